The van der Waals surface area contributed by atoms with Gasteiger partial charge in [-0.25, -0.2) is 4.98 Å². The number of nitrogens with one attached hydrogen (secondary N) is 1. The second-order valence-electron chi connectivity index (χ2n) is 6.16. The number of aromatic nitrogens is 2. The Labute approximate surface area is 133 Å². The summed E-state index contributed by atoms with van der Waals surface area (Å²) in [6.07, 6.45) is 6.29. The van der Waals surface area contributed by atoms with Crippen molar-refractivity contribution in [1.82, 2.24) is 19.8 Å². The van der Waals surface area contributed by atoms with Crippen molar-refractivity contribution in [2.75, 3.05) is 19.6 Å². The first-order chi connectivity index (χ1) is 10.8. The first kappa shape index (κ1) is 15.3. The van der Waals surface area contributed by atoms with Crippen LogP contribution in [-0.2, 0) is 20.0 Å². The van der Waals surface area contributed by atoms with Crippen LogP contribution >= 0.6 is 0 Å². The molecule has 0 aliphatic carbocycles. The highest BCUT2D eigenvalue weighted by Gasteiger charge is 2.26. The minimum absolute atomic E-state index is 0.351. The molecular formula is C18H26N4. The highest BCUT2D eigenvalue weighted by molar-refractivity contribution is 5.24. The van der Waals surface area contributed by atoms with E-state index in [9.17, 15) is 0 Å². The third kappa shape index (κ3) is 3.39. The molecule has 3 rings (SSSR count). The Bertz CT molecular complexity index is 605. The summed E-state index contributed by atoms with van der Waals surface area (Å²) in [6.45, 7) is 6.32. The first-order valence-electron chi connectivity index (χ1n) is 8.27. The number of benzene rings is 1. The maximum atomic E-state index is 4.56. The van der Waals surface area contributed by atoms with E-state index in [1.165, 1.54) is 17.5 Å². The molecule has 1 aromatic carbocycles. The molecule has 0 amide bonds. The maximum Gasteiger partial charge on any atom is 0.127 e. The Morgan fingerprint density at radius 2 is 2.18 bits per heavy atom. The number of hydrogen-bond acceptors (Lipinski definition) is 3. The molecule has 1 fully saturated rings. The van der Waals surface area contributed by atoms with E-state index in [1.54, 1.807) is 0 Å². The molecule has 2 aromatic rings. The second-order valence-corrected chi connectivity index (χ2v) is 6.16. The lowest BCUT2D eigenvalue weighted by molar-refractivity contribution is 0.144. The van der Waals surface area contributed by atoms with Crippen molar-refractivity contribution < 1.29 is 0 Å². The molecule has 1 unspecified atom stereocenters. The number of hydrogen-bond donors (Lipinski definition) is 1. The van der Waals surface area contributed by atoms with Crippen LogP contribution in [0.2, 0.25) is 0 Å². The van der Waals surface area contributed by atoms with Crippen molar-refractivity contribution in [1.29, 1.82) is 0 Å². The summed E-state index contributed by atoms with van der Waals surface area (Å²) in [6, 6.07) is 9.39. The Balaban J connectivity index is 1.77. The molecule has 1 N–H and O–H groups in total. The monoisotopic (exact) mass is 298 g/mol. The van der Waals surface area contributed by atoms with Gasteiger partial charge in [0.1, 0.15) is 5.82 Å². The van der Waals surface area contributed by atoms with Gasteiger partial charge in [0, 0.05) is 45.6 Å². The van der Waals surface area contributed by atoms with Crippen LogP contribution in [0.3, 0.4) is 0 Å². The van der Waals surface area contributed by atoms with Crippen molar-refractivity contribution in [3.8, 4) is 0 Å². The van der Waals surface area contributed by atoms with Crippen molar-refractivity contribution >= 4 is 0 Å². The summed E-state index contributed by atoms with van der Waals surface area (Å²) in [7, 11) is 2.08. The van der Waals surface area contributed by atoms with Crippen molar-refractivity contribution in [2.45, 2.75) is 32.4 Å². The Hall–Kier alpha value is -1.65. The average molecular weight is 298 g/mol. The number of piperazine rings is 1. The lowest BCUT2D eigenvalue weighted by Gasteiger charge is -2.35. The Morgan fingerprint density at radius 3 is 2.95 bits per heavy atom. The van der Waals surface area contributed by atoms with Crippen LogP contribution in [0.4, 0.5) is 0 Å². The fraction of sp³-hybridized carbons (Fsp3) is 0.500. The van der Waals surface area contributed by atoms with Crippen LogP contribution in [-0.4, -0.2) is 34.1 Å². The molecule has 4 nitrogen and oxygen atoms in total. The predicted molar refractivity (Wildman–Crippen MR) is 89.7 cm³/mol. The van der Waals surface area contributed by atoms with E-state index in [4.69, 9.17) is 0 Å². The Kier molecular flexibility index (Phi) is 4.90. The molecule has 1 aliphatic rings. The lowest BCUT2D eigenvalue weighted by Crippen LogP contribution is -2.46. The standard InChI is InChI=1S/C18H26N4/c1-3-5-15-6-4-7-16(12-15)14-22-11-8-19-13-17(22)18-20-9-10-21(18)2/h4,6-7,9-10,12,17,19H,3,5,8,11,13-14H2,1-2H3. The van der Waals surface area contributed by atoms with Gasteiger partial charge < -0.3 is 9.88 Å². The van der Waals surface area contributed by atoms with Gasteiger partial charge in [0.2, 0.25) is 0 Å². The SMILES string of the molecule is CCCc1cccc(CN2CCNCC2c2nccn2C)c1. The molecule has 4 heteroatoms. The van der Waals surface area contributed by atoms with Gasteiger partial charge in [0.15, 0.2) is 0 Å². The van der Waals surface area contributed by atoms with E-state index in [2.05, 4.69) is 58.0 Å². The van der Waals surface area contributed by atoms with Gasteiger partial charge in [-0.2, -0.15) is 0 Å². The lowest BCUT2D eigenvalue weighted by atomic mass is 10.1. The molecule has 2 heterocycles. The summed E-state index contributed by atoms with van der Waals surface area (Å²) in [5.41, 5.74) is 2.86. The zero-order valence-electron chi connectivity index (χ0n) is 13.6. The quantitative estimate of drug-likeness (QED) is 0.921. The van der Waals surface area contributed by atoms with E-state index < -0.39 is 0 Å². The summed E-state index contributed by atoms with van der Waals surface area (Å²) in [5, 5.41) is 3.50. The van der Waals surface area contributed by atoms with Crippen LogP contribution in [0.1, 0.15) is 36.3 Å². The number of rotatable bonds is 5. The summed E-state index contributed by atoms with van der Waals surface area (Å²) in [4.78, 5) is 7.11. The van der Waals surface area contributed by atoms with Gasteiger partial charge in [0.25, 0.3) is 0 Å². The van der Waals surface area contributed by atoms with E-state index in [1.807, 2.05) is 12.4 Å². The topological polar surface area (TPSA) is 33.1 Å². The highest BCUT2D eigenvalue weighted by Crippen LogP contribution is 2.23. The van der Waals surface area contributed by atoms with Crippen molar-refractivity contribution in [3.05, 3.63) is 53.6 Å². The third-order valence-corrected chi connectivity index (χ3v) is 4.43. The largest absolute Gasteiger partial charge is 0.337 e. The molecule has 0 spiro atoms. The van der Waals surface area contributed by atoms with E-state index >= 15 is 0 Å². The molecule has 0 saturated carbocycles. The molecule has 22 heavy (non-hydrogen) atoms. The molecule has 1 aromatic heterocycles. The minimum Gasteiger partial charge on any atom is -0.337 e. The van der Waals surface area contributed by atoms with E-state index in [-0.39, 0.29) is 0 Å². The van der Waals surface area contributed by atoms with Crippen molar-refractivity contribution in [2.24, 2.45) is 7.05 Å². The van der Waals surface area contributed by atoms with Crippen LogP contribution in [0.15, 0.2) is 36.7 Å². The normalized spacial score (nSPS) is 19.5. The fourth-order valence-corrected chi connectivity index (χ4v) is 3.30. The highest BCUT2D eigenvalue weighted by atomic mass is 15.3. The zero-order chi connectivity index (χ0) is 15.4. The van der Waals surface area contributed by atoms with Gasteiger partial charge in [-0.05, 0) is 17.5 Å². The van der Waals surface area contributed by atoms with Gasteiger partial charge in [0.05, 0.1) is 6.04 Å². The van der Waals surface area contributed by atoms with Gasteiger partial charge in [-0.1, -0.05) is 37.6 Å². The number of imidazole rings is 1. The molecule has 1 saturated heterocycles. The average Bonchev–Trinajstić information content (AvgIpc) is 2.95. The smallest absolute Gasteiger partial charge is 0.127 e. The fourth-order valence-electron chi connectivity index (χ4n) is 3.30. The van der Waals surface area contributed by atoms with Crippen LogP contribution in [0.5, 0.6) is 0 Å². The molecule has 0 bridgehead atoms. The van der Waals surface area contributed by atoms with E-state index in [0.29, 0.717) is 6.04 Å². The molecule has 1 atom stereocenters. The first-order valence-corrected chi connectivity index (χ1v) is 8.27. The number of nitrogens with zero attached hydrogens (tertiary/aromatic N) is 3. The van der Waals surface area contributed by atoms with E-state index in [0.717, 1.165) is 38.4 Å². The summed E-state index contributed by atoms with van der Waals surface area (Å²) < 4.78 is 2.14. The Morgan fingerprint density at radius 1 is 1.32 bits per heavy atom. The summed E-state index contributed by atoms with van der Waals surface area (Å²) >= 11 is 0. The molecule has 118 valence electrons. The summed E-state index contributed by atoms with van der Waals surface area (Å²) in [5.74, 6) is 1.15. The maximum absolute atomic E-state index is 4.56. The van der Waals surface area contributed by atoms with Gasteiger partial charge in [-0.15, -0.1) is 0 Å². The van der Waals surface area contributed by atoms with Crippen LogP contribution in [0, 0.1) is 0 Å². The zero-order valence-corrected chi connectivity index (χ0v) is 13.6. The second kappa shape index (κ2) is 7.07. The molecule has 1 aliphatic heterocycles. The van der Waals surface area contributed by atoms with Crippen LogP contribution in [0.25, 0.3) is 0 Å². The van der Waals surface area contributed by atoms with Crippen LogP contribution < -0.4 is 5.32 Å². The van der Waals surface area contributed by atoms with Gasteiger partial charge in [-0.3, -0.25) is 4.90 Å². The van der Waals surface area contributed by atoms with Gasteiger partial charge >= 0.3 is 0 Å². The van der Waals surface area contributed by atoms with Crippen molar-refractivity contribution in [3.63, 3.8) is 0 Å². The molecule has 0 radical (unpaired) electrons. The molecular weight excluding hydrogens is 272 g/mol. The number of aryl methyl sites for hydroxylation is 2. The predicted octanol–water partition coefficient (Wildman–Crippen LogP) is 2.52. The minimum atomic E-state index is 0.351. The third-order valence-electron chi connectivity index (χ3n) is 4.43.